The number of nitrogens with zero attached hydrogens (tertiary/aromatic N) is 4. The Hall–Kier alpha value is -2.86. The number of nitrogens with one attached hydrogen (secondary N) is 1. The maximum absolute atomic E-state index is 12.8. The van der Waals surface area contributed by atoms with Gasteiger partial charge in [0, 0.05) is 17.6 Å². The Morgan fingerprint density at radius 1 is 1.25 bits per heavy atom. The summed E-state index contributed by atoms with van der Waals surface area (Å²) < 4.78 is 56.8. The van der Waals surface area contributed by atoms with E-state index in [-0.39, 0.29) is 24.9 Å². The van der Waals surface area contributed by atoms with Crippen molar-refractivity contribution in [2.75, 3.05) is 19.6 Å². The predicted molar refractivity (Wildman–Crippen MR) is 108 cm³/mol. The largest absolute Gasteiger partial charge is 0.531 e. The van der Waals surface area contributed by atoms with Crippen molar-refractivity contribution in [3.63, 3.8) is 0 Å². The topological polar surface area (TPSA) is 92.2 Å². The Morgan fingerprint density at radius 2 is 2.03 bits per heavy atom. The van der Waals surface area contributed by atoms with Crippen molar-refractivity contribution < 1.29 is 31.4 Å². The van der Waals surface area contributed by atoms with E-state index in [1.807, 2.05) is 0 Å². The number of hydrogen-bond acceptors (Lipinski definition) is 6. The smallest absolute Gasteiger partial charge is 0.295 e. The summed E-state index contributed by atoms with van der Waals surface area (Å²) in [6, 6.07) is 4.59. The van der Waals surface area contributed by atoms with Crippen LogP contribution >= 0.6 is 0 Å². The molecule has 1 saturated heterocycles. The van der Waals surface area contributed by atoms with Gasteiger partial charge in [-0.05, 0) is 48.9 Å². The van der Waals surface area contributed by atoms with Crippen molar-refractivity contribution in [2.24, 2.45) is 0 Å². The molecule has 0 spiro atoms. The normalized spacial score (nSPS) is 16.8. The number of aromatic nitrogens is 3. The first-order valence-electron chi connectivity index (χ1n) is 9.97. The number of fused-ring (bicyclic) bond motifs is 1. The number of alkyl halides is 3. The van der Waals surface area contributed by atoms with Gasteiger partial charge in [0.2, 0.25) is 5.58 Å². The zero-order chi connectivity index (χ0) is 22.7. The molecular weight excluding hydrogens is 447 g/mol. The number of carbonyl (C=O) groups excluding carboxylic acids is 1. The minimum absolute atomic E-state index is 0.143. The van der Waals surface area contributed by atoms with Gasteiger partial charge in [0.25, 0.3) is 0 Å². The number of carbonyl (C=O) groups is 1. The SMILES string of the molecule is O=C(NCc1ccc(S(=O)C2CCN(CC(F)(F)F)CC2)cn1)[n+]1cc2ccncc2o1. The Kier molecular flexibility index (Phi) is 6.51. The average molecular weight is 468 g/mol. The standard InChI is InChI=1S/C20H20F3N5O3S/c21-20(22,23)13-27-7-4-16(5-8-27)32(30)17-2-1-15(25-10-17)9-26-19(29)28-12-14-3-6-24-11-18(14)31-28/h1-3,6,10-12,16H,4-5,7-9,13H2/p+1. The van der Waals surface area contributed by atoms with Crippen molar-refractivity contribution in [1.29, 1.82) is 0 Å². The highest BCUT2D eigenvalue weighted by Gasteiger charge is 2.33. The maximum atomic E-state index is 12.8. The summed E-state index contributed by atoms with van der Waals surface area (Å²) in [6.07, 6.45) is 2.80. The van der Waals surface area contributed by atoms with Gasteiger partial charge in [-0.1, -0.05) is 0 Å². The Labute approximate surface area is 183 Å². The van der Waals surface area contributed by atoms with Gasteiger partial charge < -0.3 is 0 Å². The summed E-state index contributed by atoms with van der Waals surface area (Å²) in [6.45, 7) is -0.257. The minimum Gasteiger partial charge on any atom is -0.295 e. The van der Waals surface area contributed by atoms with Gasteiger partial charge in [0.15, 0.2) is 6.20 Å². The fourth-order valence-corrected chi connectivity index (χ4v) is 4.92. The second-order valence-electron chi connectivity index (χ2n) is 7.49. The van der Waals surface area contributed by atoms with Gasteiger partial charge in [-0.3, -0.25) is 23.6 Å². The number of pyridine rings is 2. The summed E-state index contributed by atoms with van der Waals surface area (Å²) in [4.78, 5) is 22.3. The Morgan fingerprint density at radius 3 is 2.69 bits per heavy atom. The summed E-state index contributed by atoms with van der Waals surface area (Å²) in [5, 5.41) is 3.22. The highest BCUT2D eigenvalue weighted by atomic mass is 32.2. The van der Waals surface area contributed by atoms with Crippen molar-refractivity contribution in [3.05, 3.63) is 48.7 Å². The molecule has 3 aromatic heterocycles. The van der Waals surface area contributed by atoms with Gasteiger partial charge in [0.1, 0.15) is 6.54 Å². The van der Waals surface area contributed by atoms with E-state index < -0.39 is 29.6 Å². The summed E-state index contributed by atoms with van der Waals surface area (Å²) in [7, 11) is -1.35. The number of hydrogen-bond donors (Lipinski definition) is 1. The lowest BCUT2D eigenvalue weighted by Gasteiger charge is -2.31. The van der Waals surface area contributed by atoms with E-state index in [1.54, 1.807) is 30.6 Å². The van der Waals surface area contributed by atoms with Crippen molar-refractivity contribution in [3.8, 4) is 0 Å². The second kappa shape index (κ2) is 9.33. The highest BCUT2D eigenvalue weighted by Crippen LogP contribution is 2.24. The predicted octanol–water partition coefficient (Wildman–Crippen LogP) is 2.40. The van der Waals surface area contributed by atoms with Crippen LogP contribution in [0.1, 0.15) is 18.5 Å². The third kappa shape index (κ3) is 5.49. The van der Waals surface area contributed by atoms with E-state index >= 15 is 0 Å². The molecule has 4 rings (SSSR count). The van der Waals surface area contributed by atoms with Crippen LogP contribution in [-0.2, 0) is 17.3 Å². The van der Waals surface area contributed by atoms with Crippen LogP contribution in [0.3, 0.4) is 0 Å². The lowest BCUT2D eigenvalue weighted by molar-refractivity contribution is -0.758. The van der Waals surface area contributed by atoms with E-state index in [0.29, 0.717) is 29.0 Å². The number of piperidine rings is 1. The zero-order valence-electron chi connectivity index (χ0n) is 16.9. The molecule has 1 atom stereocenters. The number of rotatable bonds is 5. The van der Waals surface area contributed by atoms with Gasteiger partial charge >= 0.3 is 12.2 Å². The first-order chi connectivity index (χ1) is 15.3. The summed E-state index contributed by atoms with van der Waals surface area (Å²) in [5.74, 6) is 0. The van der Waals surface area contributed by atoms with E-state index in [2.05, 4.69) is 15.3 Å². The van der Waals surface area contributed by atoms with Crippen LogP contribution in [0.25, 0.3) is 11.0 Å². The fraction of sp³-hybridized carbons (Fsp3) is 0.400. The van der Waals surface area contributed by atoms with E-state index in [0.717, 1.165) is 10.1 Å². The van der Waals surface area contributed by atoms with Crippen LogP contribution in [0.4, 0.5) is 18.0 Å². The molecule has 1 amide bonds. The molecule has 0 aliphatic carbocycles. The van der Waals surface area contributed by atoms with E-state index in [1.165, 1.54) is 17.3 Å². The third-order valence-corrected chi connectivity index (χ3v) is 6.94. The molecule has 3 aromatic rings. The molecule has 0 saturated carbocycles. The molecule has 0 aromatic carbocycles. The van der Waals surface area contributed by atoms with Gasteiger partial charge in [-0.15, -0.1) is 0 Å². The van der Waals surface area contributed by atoms with Crippen LogP contribution in [0.2, 0.25) is 0 Å². The van der Waals surface area contributed by atoms with E-state index in [9.17, 15) is 22.2 Å². The quantitative estimate of drug-likeness (QED) is 0.579. The molecule has 1 N–H and O–H groups in total. The molecule has 1 aliphatic heterocycles. The molecular formula is C20H21F3N5O3S+. The van der Waals surface area contributed by atoms with Crippen LogP contribution < -0.4 is 10.1 Å². The van der Waals surface area contributed by atoms with Crippen LogP contribution in [-0.4, -0.2) is 56.2 Å². The zero-order valence-corrected chi connectivity index (χ0v) is 17.7. The van der Waals surface area contributed by atoms with Crippen LogP contribution in [0.5, 0.6) is 0 Å². The average Bonchev–Trinajstić information content (AvgIpc) is 3.21. The molecule has 0 radical (unpaired) electrons. The number of halogens is 3. The number of amides is 1. The molecule has 0 bridgehead atoms. The monoisotopic (exact) mass is 468 g/mol. The third-order valence-electron chi connectivity index (χ3n) is 5.16. The van der Waals surface area contributed by atoms with Crippen LogP contribution in [0, 0.1) is 0 Å². The molecule has 32 heavy (non-hydrogen) atoms. The van der Waals surface area contributed by atoms with E-state index in [4.69, 9.17) is 4.52 Å². The van der Waals surface area contributed by atoms with Gasteiger partial charge in [-0.2, -0.15) is 18.0 Å². The number of likely N-dealkylation sites (tertiary alicyclic amines) is 1. The Balaban J connectivity index is 1.29. The maximum Gasteiger partial charge on any atom is 0.531 e. The highest BCUT2D eigenvalue weighted by molar-refractivity contribution is 7.85. The Bertz CT molecular complexity index is 1080. The molecule has 8 nitrogen and oxygen atoms in total. The first kappa shape index (κ1) is 22.3. The lowest BCUT2D eigenvalue weighted by atomic mass is 10.1. The minimum atomic E-state index is -4.22. The second-order valence-corrected chi connectivity index (χ2v) is 9.22. The molecule has 1 unspecified atom stereocenters. The fourth-order valence-electron chi connectivity index (χ4n) is 3.54. The lowest BCUT2D eigenvalue weighted by Crippen LogP contribution is -2.48. The molecule has 12 heteroatoms. The van der Waals surface area contributed by atoms with Crippen molar-refractivity contribution in [2.45, 2.75) is 35.7 Å². The summed E-state index contributed by atoms with van der Waals surface area (Å²) >= 11 is 0. The van der Waals surface area contributed by atoms with Crippen molar-refractivity contribution in [1.82, 2.24) is 20.2 Å². The molecule has 170 valence electrons. The molecule has 4 heterocycles. The van der Waals surface area contributed by atoms with Crippen LogP contribution in [0.15, 0.2) is 52.4 Å². The van der Waals surface area contributed by atoms with Gasteiger partial charge in [0.05, 0.1) is 39.5 Å². The molecule has 1 aliphatic rings. The molecule has 1 fully saturated rings. The van der Waals surface area contributed by atoms with Crippen molar-refractivity contribution >= 4 is 27.8 Å². The first-order valence-corrected chi connectivity index (χ1v) is 11.2. The summed E-state index contributed by atoms with van der Waals surface area (Å²) in [5.41, 5.74) is 1.05. The van der Waals surface area contributed by atoms with Gasteiger partial charge in [-0.25, -0.2) is 5.32 Å².